The minimum atomic E-state index is -2.71. The molecule has 14 heavy (non-hydrogen) atoms. The summed E-state index contributed by atoms with van der Waals surface area (Å²) in [5.41, 5.74) is -0.275. The van der Waals surface area contributed by atoms with E-state index in [-0.39, 0.29) is 22.2 Å². The fourth-order valence-corrected chi connectivity index (χ4v) is 1.31. The van der Waals surface area contributed by atoms with Crippen molar-refractivity contribution >= 4 is 11.6 Å². The molecule has 1 rings (SSSR count). The number of ether oxygens (including phenoxy) is 1. The Labute approximate surface area is 84.3 Å². The van der Waals surface area contributed by atoms with Crippen molar-refractivity contribution in [2.75, 3.05) is 7.11 Å². The molecule has 0 radical (unpaired) electrons. The lowest BCUT2D eigenvalue weighted by atomic mass is 10.2. The maximum absolute atomic E-state index is 12.5. The molecule has 0 bridgehead atoms. The van der Waals surface area contributed by atoms with Crippen LogP contribution in [0.3, 0.4) is 0 Å². The number of nitrogens with zero attached hydrogens (tertiary/aromatic N) is 1. The van der Waals surface area contributed by atoms with Crippen molar-refractivity contribution in [3.63, 3.8) is 0 Å². The first kappa shape index (κ1) is 11.1. The zero-order valence-electron chi connectivity index (χ0n) is 7.30. The lowest BCUT2D eigenvalue weighted by molar-refractivity contribution is 0.146. The number of aliphatic hydroxyl groups excluding tert-OH is 1. The minimum absolute atomic E-state index is 0.0890. The molecule has 0 atom stereocenters. The molecule has 78 valence electrons. The molecule has 0 saturated heterocycles. The molecule has 0 saturated carbocycles. The van der Waals surface area contributed by atoms with E-state index < -0.39 is 13.0 Å². The van der Waals surface area contributed by atoms with Gasteiger partial charge in [0.05, 0.1) is 25.0 Å². The molecular weight excluding hydrogens is 216 g/mol. The van der Waals surface area contributed by atoms with E-state index in [0.717, 1.165) is 6.07 Å². The maximum Gasteiger partial charge on any atom is 0.267 e. The van der Waals surface area contributed by atoms with Gasteiger partial charge in [-0.25, -0.2) is 13.8 Å². The number of aromatic nitrogens is 1. The third kappa shape index (κ3) is 2.10. The smallest absolute Gasteiger partial charge is 0.267 e. The minimum Gasteiger partial charge on any atom is -0.493 e. The molecule has 0 aliphatic heterocycles. The molecule has 0 aliphatic rings. The molecule has 1 N–H and O–H groups in total. The first-order chi connectivity index (χ1) is 6.60. The third-order valence-corrected chi connectivity index (χ3v) is 1.87. The first-order valence-corrected chi connectivity index (χ1v) is 4.10. The number of aliphatic hydroxyl groups is 1. The fraction of sp³-hybridized carbons (Fsp3) is 0.375. The van der Waals surface area contributed by atoms with Crippen LogP contribution in [-0.2, 0) is 6.61 Å². The number of halogens is 3. The van der Waals surface area contributed by atoms with Crippen LogP contribution in [0.5, 0.6) is 5.75 Å². The highest BCUT2D eigenvalue weighted by Crippen LogP contribution is 2.34. The number of methoxy groups -OCH3 is 1. The van der Waals surface area contributed by atoms with Gasteiger partial charge in [0.1, 0.15) is 0 Å². The maximum atomic E-state index is 12.5. The van der Waals surface area contributed by atoms with E-state index in [1.165, 1.54) is 7.11 Å². The van der Waals surface area contributed by atoms with Crippen LogP contribution in [0.25, 0.3) is 0 Å². The van der Waals surface area contributed by atoms with Crippen molar-refractivity contribution < 1.29 is 18.6 Å². The molecule has 0 spiro atoms. The van der Waals surface area contributed by atoms with E-state index in [1.807, 2.05) is 0 Å². The van der Waals surface area contributed by atoms with Crippen molar-refractivity contribution in [3.05, 3.63) is 22.5 Å². The summed E-state index contributed by atoms with van der Waals surface area (Å²) in [4.78, 5) is 3.66. The van der Waals surface area contributed by atoms with E-state index in [0.29, 0.717) is 0 Å². The Bertz CT molecular complexity index is 333. The predicted molar refractivity (Wildman–Crippen MR) is 46.7 cm³/mol. The summed E-state index contributed by atoms with van der Waals surface area (Å²) in [5.74, 6) is -0.154. The number of pyridine rings is 1. The van der Waals surface area contributed by atoms with Gasteiger partial charge in [-0.1, -0.05) is 11.6 Å². The van der Waals surface area contributed by atoms with Crippen LogP contribution >= 0.6 is 11.6 Å². The van der Waals surface area contributed by atoms with Crippen LogP contribution in [0.4, 0.5) is 8.78 Å². The van der Waals surface area contributed by atoms with Gasteiger partial charge >= 0.3 is 0 Å². The number of hydrogen-bond acceptors (Lipinski definition) is 3. The summed E-state index contributed by atoms with van der Waals surface area (Å²) in [6.45, 7) is -0.441. The SMILES string of the molecule is COc1c(C(F)F)cc(CO)nc1Cl. The Kier molecular flexibility index (Phi) is 3.60. The van der Waals surface area contributed by atoms with E-state index in [2.05, 4.69) is 9.72 Å². The average molecular weight is 224 g/mol. The Morgan fingerprint density at radius 2 is 2.29 bits per heavy atom. The molecule has 0 unspecified atom stereocenters. The van der Waals surface area contributed by atoms with E-state index in [4.69, 9.17) is 16.7 Å². The monoisotopic (exact) mass is 223 g/mol. The van der Waals surface area contributed by atoms with Gasteiger partial charge in [0.15, 0.2) is 10.9 Å². The molecule has 0 amide bonds. The molecule has 6 heteroatoms. The zero-order valence-corrected chi connectivity index (χ0v) is 8.05. The summed E-state index contributed by atoms with van der Waals surface area (Å²) in [6, 6.07) is 1.06. The molecule has 1 aromatic heterocycles. The number of hydrogen-bond donors (Lipinski definition) is 1. The van der Waals surface area contributed by atoms with Crippen LogP contribution < -0.4 is 4.74 Å². The molecular formula is C8H8ClF2NO2. The number of alkyl halides is 2. The van der Waals surface area contributed by atoms with Gasteiger partial charge < -0.3 is 9.84 Å². The summed E-state index contributed by atoms with van der Waals surface area (Å²) in [6.07, 6.45) is -2.71. The van der Waals surface area contributed by atoms with Crippen molar-refractivity contribution in [3.8, 4) is 5.75 Å². The largest absolute Gasteiger partial charge is 0.493 e. The molecule has 1 heterocycles. The average Bonchev–Trinajstić information content (AvgIpc) is 2.16. The zero-order chi connectivity index (χ0) is 10.7. The second-order valence-corrected chi connectivity index (χ2v) is 2.84. The van der Waals surface area contributed by atoms with Crippen molar-refractivity contribution in [1.29, 1.82) is 0 Å². The highest BCUT2D eigenvalue weighted by molar-refractivity contribution is 6.31. The highest BCUT2D eigenvalue weighted by Gasteiger charge is 2.18. The van der Waals surface area contributed by atoms with Gasteiger partial charge in [-0.15, -0.1) is 0 Å². The third-order valence-electron chi connectivity index (χ3n) is 1.61. The van der Waals surface area contributed by atoms with Gasteiger partial charge in [0, 0.05) is 0 Å². The van der Waals surface area contributed by atoms with Crippen molar-refractivity contribution in [1.82, 2.24) is 4.98 Å². The Hall–Kier alpha value is -0.940. The highest BCUT2D eigenvalue weighted by atomic mass is 35.5. The van der Waals surface area contributed by atoms with Crippen LogP contribution in [0.2, 0.25) is 5.15 Å². The molecule has 0 aliphatic carbocycles. The first-order valence-electron chi connectivity index (χ1n) is 3.72. The van der Waals surface area contributed by atoms with Crippen LogP contribution in [-0.4, -0.2) is 17.2 Å². The molecule has 1 aromatic rings. The number of rotatable bonds is 3. The molecule has 0 aromatic carbocycles. The van der Waals surface area contributed by atoms with Crippen molar-refractivity contribution in [2.45, 2.75) is 13.0 Å². The van der Waals surface area contributed by atoms with Crippen LogP contribution in [0.15, 0.2) is 6.07 Å². The molecule has 3 nitrogen and oxygen atoms in total. The van der Waals surface area contributed by atoms with Gasteiger partial charge in [0.2, 0.25) is 0 Å². The predicted octanol–water partition coefficient (Wildman–Crippen LogP) is 2.17. The van der Waals surface area contributed by atoms with Crippen LogP contribution in [0, 0.1) is 0 Å². The van der Waals surface area contributed by atoms with Gasteiger partial charge in [-0.2, -0.15) is 0 Å². The topological polar surface area (TPSA) is 42.4 Å². The summed E-state index contributed by atoms with van der Waals surface area (Å²) in [5, 5.41) is 8.55. The van der Waals surface area contributed by atoms with Gasteiger partial charge in [-0.05, 0) is 6.07 Å². The van der Waals surface area contributed by atoms with E-state index in [1.54, 1.807) is 0 Å². The van der Waals surface area contributed by atoms with E-state index >= 15 is 0 Å². The second kappa shape index (κ2) is 4.52. The van der Waals surface area contributed by atoms with E-state index in [9.17, 15) is 8.78 Å². The summed E-state index contributed by atoms with van der Waals surface area (Å²) >= 11 is 5.58. The Morgan fingerprint density at radius 3 is 2.71 bits per heavy atom. The van der Waals surface area contributed by atoms with Gasteiger partial charge in [0.25, 0.3) is 6.43 Å². The fourth-order valence-electron chi connectivity index (χ4n) is 1.02. The van der Waals surface area contributed by atoms with Gasteiger partial charge in [-0.3, -0.25) is 0 Å². The Morgan fingerprint density at radius 1 is 1.64 bits per heavy atom. The van der Waals surface area contributed by atoms with Crippen LogP contribution in [0.1, 0.15) is 17.7 Å². The standard InChI is InChI=1S/C8H8ClF2NO2/c1-14-6-5(8(10)11)2-4(3-13)12-7(6)9/h2,8,13H,3H2,1H3. The normalized spacial score (nSPS) is 10.7. The lowest BCUT2D eigenvalue weighted by Crippen LogP contribution is -1.99. The molecule has 0 fully saturated rings. The summed E-state index contributed by atoms with van der Waals surface area (Å²) < 4.78 is 29.6. The quantitative estimate of drug-likeness (QED) is 0.799. The Balaban J connectivity index is 3.28. The second-order valence-electron chi connectivity index (χ2n) is 2.49. The lowest BCUT2D eigenvalue weighted by Gasteiger charge is -2.10. The van der Waals surface area contributed by atoms with Crippen molar-refractivity contribution in [2.24, 2.45) is 0 Å². The summed E-state index contributed by atoms with van der Waals surface area (Å²) in [7, 11) is 1.23.